The molecule has 0 aliphatic carbocycles. The lowest BCUT2D eigenvalue weighted by Crippen LogP contribution is -2.59. The first kappa shape index (κ1) is 65.5. The summed E-state index contributed by atoms with van der Waals surface area (Å²) in [6.07, 6.45) is 0.932. The van der Waals surface area contributed by atoms with E-state index in [2.05, 4.69) is 36.8 Å². The molecule has 6 N–H and O–H groups in total. The van der Waals surface area contributed by atoms with Crippen LogP contribution in [-0.2, 0) is 82.9 Å². The molecule has 1 unspecified atom stereocenters. The molecule has 0 radical (unpaired) electrons. The highest BCUT2D eigenvalue weighted by atomic mass is 32.2. The molecule has 6 aromatic rings. The standard InChI is InChI=1S/C63H74N8O12S2/c1-8-81-51-32-28-45(29-33-51)38-55(69-84(6,77)78)60(74)67-53(36-43-16-12-10-13-17-43)58(72)65-41-48-24-26-49(27-25-48)42-71(62(76)83-63(3,4)5)57(50-30-34-52(35-31-50)82-9-2)56(70-85(7,79)80)61(75)68-54(37-44-18-14-11-15-19-44)59(73)66-40-47-22-20-46(39-64)21-23-47/h10-35,53-57,69-70H,8-9,36-38,40-42H2,1-7H3,(H,65,72)(H,66,73)(H,67,74)(H,68,75)/t53-,54-,55+,56+,57?/m0/s1. The SMILES string of the molecule is CCOc1ccc(C[C@@H](NS(C)(=O)=O)C(=O)N[C@@H](Cc2ccccc2)C(=O)NCc2ccc(CN(C(=O)OC(C)(C)C)C(c3ccc(OCC)cc3)[C@@H](NS(C)(=O)=O)C(=O)N[C@@H](Cc3ccccc3)C(=O)NCc3ccc(C#N)cc3)cc2)cc1. The first-order valence-electron chi connectivity index (χ1n) is 27.6. The number of nitrogens with one attached hydrogen (secondary N) is 6. The Balaban J connectivity index is 1.30. The zero-order valence-electron chi connectivity index (χ0n) is 48.7. The molecular weight excluding hydrogens is 1120 g/mol. The lowest BCUT2D eigenvalue weighted by molar-refractivity contribution is -0.130. The largest absolute Gasteiger partial charge is 0.494 e. The summed E-state index contributed by atoms with van der Waals surface area (Å²) in [5.74, 6) is -1.77. The number of carbonyl (C=O) groups excluding carboxylic acids is 5. The van der Waals surface area contributed by atoms with E-state index < -0.39 is 85.6 Å². The van der Waals surface area contributed by atoms with Gasteiger partial charge in [-0.05, 0) is 116 Å². The van der Waals surface area contributed by atoms with Crippen molar-refractivity contribution in [1.82, 2.24) is 35.6 Å². The lowest BCUT2D eigenvalue weighted by Gasteiger charge is -2.38. The summed E-state index contributed by atoms with van der Waals surface area (Å²) in [6.45, 7) is 9.13. The van der Waals surface area contributed by atoms with E-state index in [-0.39, 0.29) is 38.9 Å². The molecule has 5 amide bonds. The van der Waals surface area contributed by atoms with E-state index in [0.29, 0.717) is 63.7 Å². The van der Waals surface area contributed by atoms with Gasteiger partial charge < -0.3 is 35.5 Å². The van der Waals surface area contributed by atoms with Crippen LogP contribution in [0.1, 0.15) is 85.2 Å². The molecule has 0 spiro atoms. The number of nitriles is 1. The van der Waals surface area contributed by atoms with Crippen LogP contribution in [0.4, 0.5) is 4.79 Å². The number of ether oxygens (including phenoxy) is 3. The van der Waals surface area contributed by atoms with E-state index in [1.807, 2.05) is 13.0 Å². The van der Waals surface area contributed by atoms with Crippen LogP contribution in [-0.4, -0.2) is 107 Å². The van der Waals surface area contributed by atoms with E-state index >= 15 is 4.79 Å². The fraction of sp³-hybridized carbons (Fsp3) is 0.333. The molecule has 0 saturated carbocycles. The second-order valence-corrected chi connectivity index (χ2v) is 24.8. The van der Waals surface area contributed by atoms with Gasteiger partial charge in [-0.1, -0.05) is 121 Å². The molecule has 85 heavy (non-hydrogen) atoms. The first-order valence-corrected chi connectivity index (χ1v) is 31.4. The summed E-state index contributed by atoms with van der Waals surface area (Å²) in [5, 5.41) is 20.6. The molecule has 0 saturated heterocycles. The van der Waals surface area contributed by atoms with Gasteiger partial charge in [-0.25, -0.2) is 31.1 Å². The molecule has 0 aromatic heterocycles. The van der Waals surface area contributed by atoms with E-state index in [1.54, 1.807) is 179 Å². The van der Waals surface area contributed by atoms with Crippen molar-refractivity contribution >= 4 is 49.8 Å². The minimum atomic E-state index is -4.28. The number of nitrogens with zero attached hydrogens (tertiary/aromatic N) is 2. The van der Waals surface area contributed by atoms with E-state index in [1.165, 1.54) is 4.90 Å². The van der Waals surface area contributed by atoms with Gasteiger partial charge in [0.05, 0.1) is 43.4 Å². The van der Waals surface area contributed by atoms with Crippen molar-refractivity contribution < 1.29 is 55.0 Å². The van der Waals surface area contributed by atoms with Crippen LogP contribution < -0.4 is 40.2 Å². The van der Waals surface area contributed by atoms with Gasteiger partial charge in [-0.3, -0.25) is 24.1 Å². The number of benzene rings is 6. The van der Waals surface area contributed by atoms with Gasteiger partial charge in [0.25, 0.3) is 0 Å². The van der Waals surface area contributed by atoms with Gasteiger partial charge >= 0.3 is 6.09 Å². The average Bonchev–Trinajstić information content (AvgIpc) is 3.50. The minimum Gasteiger partial charge on any atom is -0.494 e. The second-order valence-electron chi connectivity index (χ2n) is 21.2. The molecule has 0 fully saturated rings. The normalized spacial score (nSPS) is 13.3. The molecule has 0 aliphatic heterocycles. The number of hydrogen-bond donors (Lipinski definition) is 6. The zero-order valence-corrected chi connectivity index (χ0v) is 50.3. The highest BCUT2D eigenvalue weighted by Crippen LogP contribution is 2.31. The lowest BCUT2D eigenvalue weighted by atomic mass is 9.95. The third-order valence-electron chi connectivity index (χ3n) is 13.0. The van der Waals surface area contributed by atoms with Crippen LogP contribution in [0.25, 0.3) is 0 Å². The van der Waals surface area contributed by atoms with Crippen molar-refractivity contribution in [3.8, 4) is 17.6 Å². The van der Waals surface area contributed by atoms with Crippen LogP contribution in [0.2, 0.25) is 0 Å². The van der Waals surface area contributed by atoms with Gasteiger partial charge in [0, 0.05) is 32.5 Å². The highest BCUT2D eigenvalue weighted by Gasteiger charge is 2.41. The summed E-state index contributed by atoms with van der Waals surface area (Å²) in [7, 11) is -8.17. The fourth-order valence-electron chi connectivity index (χ4n) is 9.07. The Labute approximate surface area is 498 Å². The molecule has 22 heteroatoms. The zero-order chi connectivity index (χ0) is 61.7. The van der Waals surface area contributed by atoms with Crippen molar-refractivity contribution in [2.45, 2.75) is 109 Å². The minimum absolute atomic E-state index is 0.00918. The highest BCUT2D eigenvalue weighted by molar-refractivity contribution is 7.89. The molecule has 450 valence electrons. The molecule has 6 aromatic carbocycles. The second kappa shape index (κ2) is 30.8. The Kier molecular flexibility index (Phi) is 23.7. The van der Waals surface area contributed by atoms with Crippen molar-refractivity contribution in [2.24, 2.45) is 0 Å². The molecule has 0 aliphatic rings. The molecular formula is C63H74N8O12S2. The number of rotatable bonds is 29. The Hall–Kier alpha value is -8.62. The van der Waals surface area contributed by atoms with Crippen LogP contribution in [0.5, 0.6) is 11.5 Å². The van der Waals surface area contributed by atoms with Gasteiger partial charge in [0.15, 0.2) is 0 Å². The Morgan fingerprint density at radius 2 is 0.929 bits per heavy atom. The smallest absolute Gasteiger partial charge is 0.411 e. The predicted octanol–water partition coefficient (Wildman–Crippen LogP) is 6.30. The number of carbonyl (C=O) groups is 5. The van der Waals surface area contributed by atoms with Gasteiger partial charge in [0.2, 0.25) is 43.7 Å². The molecule has 6 rings (SSSR count). The topological polar surface area (TPSA) is 281 Å². The van der Waals surface area contributed by atoms with Gasteiger partial charge in [-0.2, -0.15) is 5.26 Å². The maximum absolute atomic E-state index is 15.2. The quantitative estimate of drug-likeness (QED) is 0.0301. The Morgan fingerprint density at radius 3 is 1.38 bits per heavy atom. The van der Waals surface area contributed by atoms with Crippen LogP contribution in [0.15, 0.2) is 158 Å². The van der Waals surface area contributed by atoms with Crippen LogP contribution in [0, 0.1) is 11.3 Å². The first-order chi connectivity index (χ1) is 40.4. The fourth-order valence-corrected chi connectivity index (χ4v) is 10.5. The average molecular weight is 1200 g/mol. The molecule has 5 atom stereocenters. The predicted molar refractivity (Wildman–Crippen MR) is 322 cm³/mol. The summed E-state index contributed by atoms with van der Waals surface area (Å²) >= 11 is 0. The summed E-state index contributed by atoms with van der Waals surface area (Å²) in [4.78, 5) is 73.5. The monoisotopic (exact) mass is 1200 g/mol. The van der Waals surface area contributed by atoms with Crippen molar-refractivity contribution in [3.05, 3.63) is 202 Å². The van der Waals surface area contributed by atoms with E-state index in [0.717, 1.165) is 18.1 Å². The summed E-state index contributed by atoms with van der Waals surface area (Å²) < 4.78 is 74.2. The van der Waals surface area contributed by atoms with E-state index in [9.17, 15) is 41.3 Å². The van der Waals surface area contributed by atoms with Crippen LogP contribution in [0.3, 0.4) is 0 Å². The van der Waals surface area contributed by atoms with Crippen molar-refractivity contribution in [2.75, 3.05) is 25.7 Å². The number of amides is 5. The third kappa shape index (κ3) is 21.8. The number of hydrogen-bond acceptors (Lipinski definition) is 13. The Morgan fingerprint density at radius 1 is 0.518 bits per heavy atom. The molecule has 0 heterocycles. The van der Waals surface area contributed by atoms with E-state index in [4.69, 9.17) is 14.2 Å². The van der Waals surface area contributed by atoms with Gasteiger partial charge in [-0.15, -0.1) is 0 Å². The number of sulfonamides is 2. The third-order valence-corrected chi connectivity index (χ3v) is 14.4. The summed E-state index contributed by atoms with van der Waals surface area (Å²) in [5.41, 5.74) is 3.45. The van der Waals surface area contributed by atoms with Crippen molar-refractivity contribution in [1.29, 1.82) is 5.26 Å². The molecule has 20 nitrogen and oxygen atoms in total. The Bertz CT molecular complexity index is 3450. The molecule has 0 bridgehead atoms. The van der Waals surface area contributed by atoms with Crippen LogP contribution >= 0.6 is 0 Å². The van der Waals surface area contributed by atoms with Gasteiger partial charge in [0.1, 0.15) is 41.3 Å². The summed E-state index contributed by atoms with van der Waals surface area (Å²) in [6, 6.07) is 39.7. The maximum atomic E-state index is 15.2. The maximum Gasteiger partial charge on any atom is 0.411 e. The van der Waals surface area contributed by atoms with Crippen molar-refractivity contribution in [3.63, 3.8) is 0 Å².